The third kappa shape index (κ3) is 1.81. The highest BCUT2D eigenvalue weighted by Crippen LogP contribution is 2.18. The van der Waals surface area contributed by atoms with Gasteiger partial charge in [0.25, 0.3) is 0 Å². The molecule has 0 saturated heterocycles. The van der Waals surface area contributed by atoms with Gasteiger partial charge in [0.2, 0.25) is 10.0 Å². The number of hydrogen-bond acceptors (Lipinski definition) is 7. The van der Waals surface area contributed by atoms with E-state index >= 15 is 0 Å². The van der Waals surface area contributed by atoms with Gasteiger partial charge in [-0.1, -0.05) is 6.07 Å². The fraction of sp³-hybridized carbons (Fsp3) is 0. The lowest BCUT2D eigenvalue weighted by Crippen LogP contribution is -2.31. The molecule has 1 aromatic heterocycles. The Kier molecular flexibility index (Phi) is 2.68. The summed E-state index contributed by atoms with van der Waals surface area (Å²) in [4.78, 5) is -0.180. The summed E-state index contributed by atoms with van der Waals surface area (Å²) >= 11 is 0.772. The zero-order chi connectivity index (χ0) is 11.9. The predicted octanol–water partition coefficient (Wildman–Crippen LogP) is -1.98. The molecule has 0 aliphatic carbocycles. The van der Waals surface area contributed by atoms with Crippen LogP contribution in [0, 0.1) is 0 Å². The number of nitrogens with zero attached hydrogens (tertiary/aromatic N) is 2. The van der Waals surface area contributed by atoms with Crippen molar-refractivity contribution in [1.29, 1.82) is 0 Å². The van der Waals surface area contributed by atoms with Crippen molar-refractivity contribution in [2.45, 2.75) is 4.90 Å². The first-order valence-corrected chi connectivity index (χ1v) is 6.33. The van der Waals surface area contributed by atoms with Gasteiger partial charge in [0.15, 0.2) is 0 Å². The second-order valence-corrected chi connectivity index (χ2v) is 5.09. The van der Waals surface area contributed by atoms with Crippen molar-refractivity contribution in [3.63, 3.8) is 0 Å². The maximum Gasteiger partial charge on any atom is 0.490 e. The molecule has 10 heteroatoms. The molecule has 0 spiro atoms. The SMILES string of the molecule is NS(=O)(=O)c1ccc(B(O)O)c2nsnc12. The summed E-state index contributed by atoms with van der Waals surface area (Å²) in [5.41, 5.74) is 0.278. The summed E-state index contributed by atoms with van der Waals surface area (Å²) in [6.45, 7) is 0. The minimum absolute atomic E-state index is 0.0538. The number of primary sulfonamides is 1. The van der Waals surface area contributed by atoms with Crippen LogP contribution >= 0.6 is 11.7 Å². The van der Waals surface area contributed by atoms with Crippen LogP contribution in [0.1, 0.15) is 0 Å². The number of benzene rings is 1. The second kappa shape index (κ2) is 3.75. The van der Waals surface area contributed by atoms with E-state index in [4.69, 9.17) is 15.2 Å². The Balaban J connectivity index is 2.84. The lowest BCUT2D eigenvalue weighted by molar-refractivity contribution is 0.426. The smallest absolute Gasteiger partial charge is 0.423 e. The molecule has 0 bridgehead atoms. The summed E-state index contributed by atoms with van der Waals surface area (Å²) in [6, 6.07) is 2.42. The quantitative estimate of drug-likeness (QED) is 0.536. The van der Waals surface area contributed by atoms with Gasteiger partial charge < -0.3 is 10.0 Å². The topological polar surface area (TPSA) is 126 Å². The molecule has 4 N–H and O–H groups in total. The highest BCUT2D eigenvalue weighted by molar-refractivity contribution is 7.89. The second-order valence-electron chi connectivity index (χ2n) is 3.03. The maximum atomic E-state index is 11.2. The van der Waals surface area contributed by atoms with Gasteiger partial charge in [-0.3, -0.25) is 0 Å². The highest BCUT2D eigenvalue weighted by atomic mass is 32.2. The van der Waals surface area contributed by atoms with E-state index in [2.05, 4.69) is 8.75 Å². The molecular weight excluding hydrogens is 253 g/mol. The Morgan fingerprint density at radius 2 is 1.88 bits per heavy atom. The van der Waals surface area contributed by atoms with Crippen LogP contribution in [0.25, 0.3) is 11.0 Å². The summed E-state index contributed by atoms with van der Waals surface area (Å²) in [5.74, 6) is 0. The molecule has 0 radical (unpaired) electrons. The van der Waals surface area contributed by atoms with E-state index < -0.39 is 17.1 Å². The van der Waals surface area contributed by atoms with E-state index in [1.165, 1.54) is 12.1 Å². The molecule has 0 saturated carbocycles. The molecule has 2 aromatic rings. The van der Waals surface area contributed by atoms with Crippen LogP contribution in [0.5, 0.6) is 0 Å². The lowest BCUT2D eigenvalue weighted by atomic mass is 9.79. The third-order valence-electron chi connectivity index (χ3n) is 1.99. The van der Waals surface area contributed by atoms with Gasteiger partial charge in [-0.15, -0.1) is 0 Å². The molecule has 0 amide bonds. The molecule has 0 fully saturated rings. The van der Waals surface area contributed by atoms with Crippen molar-refractivity contribution in [2.24, 2.45) is 5.14 Å². The molecule has 1 heterocycles. The van der Waals surface area contributed by atoms with Gasteiger partial charge in [0.05, 0.1) is 11.7 Å². The standard InChI is InChI=1S/C6H6BN3O4S2/c8-16(13,14)4-2-1-3(7(11)12)5-6(4)10-15-9-5/h1-2,11-12H,(H2,8,13,14). The summed E-state index contributed by atoms with van der Waals surface area (Å²) in [7, 11) is -5.64. The van der Waals surface area contributed by atoms with Crippen molar-refractivity contribution in [1.82, 2.24) is 8.75 Å². The molecule has 1 aromatic carbocycles. The van der Waals surface area contributed by atoms with Crippen LogP contribution in [0.4, 0.5) is 0 Å². The lowest BCUT2D eigenvalue weighted by Gasteiger charge is -2.03. The van der Waals surface area contributed by atoms with Crippen molar-refractivity contribution in [2.75, 3.05) is 0 Å². The third-order valence-corrected chi connectivity index (χ3v) is 3.47. The van der Waals surface area contributed by atoms with Crippen molar-refractivity contribution < 1.29 is 18.5 Å². The van der Waals surface area contributed by atoms with Gasteiger partial charge in [0.1, 0.15) is 15.9 Å². The van der Waals surface area contributed by atoms with E-state index in [9.17, 15) is 8.42 Å². The van der Waals surface area contributed by atoms with E-state index in [0.717, 1.165) is 11.7 Å². The van der Waals surface area contributed by atoms with Crippen molar-refractivity contribution >= 4 is 45.4 Å². The van der Waals surface area contributed by atoms with E-state index in [1.807, 2.05) is 0 Å². The molecule has 0 unspecified atom stereocenters. The molecule has 7 nitrogen and oxygen atoms in total. The molecule has 16 heavy (non-hydrogen) atoms. The van der Waals surface area contributed by atoms with Crippen molar-refractivity contribution in [3.8, 4) is 0 Å². The fourth-order valence-electron chi connectivity index (χ4n) is 1.30. The molecule has 0 aliphatic rings. The summed E-state index contributed by atoms with van der Waals surface area (Å²) in [6.07, 6.45) is 0. The zero-order valence-electron chi connectivity index (χ0n) is 7.73. The number of sulfonamides is 1. The number of rotatable bonds is 2. The van der Waals surface area contributed by atoms with Gasteiger partial charge in [-0.05, 0) is 6.07 Å². The maximum absolute atomic E-state index is 11.2. The van der Waals surface area contributed by atoms with Crippen LogP contribution in [0.2, 0.25) is 0 Å². The van der Waals surface area contributed by atoms with Crippen LogP contribution < -0.4 is 10.6 Å². The number of aromatic nitrogens is 2. The van der Waals surface area contributed by atoms with Gasteiger partial charge in [-0.25, -0.2) is 13.6 Å². The fourth-order valence-corrected chi connectivity index (χ4v) is 2.61. The van der Waals surface area contributed by atoms with E-state index in [1.54, 1.807) is 0 Å². The van der Waals surface area contributed by atoms with Crippen LogP contribution in [0.3, 0.4) is 0 Å². The Morgan fingerprint density at radius 1 is 1.25 bits per heavy atom. The summed E-state index contributed by atoms with van der Waals surface area (Å²) < 4.78 is 30.0. The normalized spacial score (nSPS) is 11.9. The number of fused-ring (bicyclic) bond motifs is 1. The van der Waals surface area contributed by atoms with Gasteiger partial charge in [0, 0.05) is 5.46 Å². The van der Waals surface area contributed by atoms with Crippen LogP contribution in [0.15, 0.2) is 17.0 Å². The molecule has 2 rings (SSSR count). The Morgan fingerprint density at radius 3 is 2.44 bits per heavy atom. The van der Waals surface area contributed by atoms with Crippen LogP contribution in [-0.4, -0.2) is 34.3 Å². The Bertz CT molecular complexity index is 638. The minimum Gasteiger partial charge on any atom is -0.423 e. The van der Waals surface area contributed by atoms with E-state index in [-0.39, 0.29) is 21.4 Å². The Hall–Kier alpha value is -1.07. The average Bonchev–Trinajstić information content (AvgIpc) is 2.61. The van der Waals surface area contributed by atoms with E-state index in [0.29, 0.717) is 0 Å². The Labute approximate surface area is 95.1 Å². The first-order valence-electron chi connectivity index (χ1n) is 4.05. The molecule has 84 valence electrons. The monoisotopic (exact) mass is 259 g/mol. The number of nitrogens with two attached hydrogens (primary N) is 1. The zero-order valence-corrected chi connectivity index (χ0v) is 9.36. The van der Waals surface area contributed by atoms with Gasteiger partial charge in [-0.2, -0.15) is 8.75 Å². The van der Waals surface area contributed by atoms with Gasteiger partial charge >= 0.3 is 7.12 Å². The predicted molar refractivity (Wildman–Crippen MR) is 58.6 cm³/mol. The molecular formula is C6H6BN3O4S2. The first kappa shape index (κ1) is 11.4. The average molecular weight is 259 g/mol. The minimum atomic E-state index is -3.90. The molecule has 0 atom stereocenters. The number of hydrogen-bond donors (Lipinski definition) is 3. The molecule has 0 aliphatic heterocycles. The highest BCUT2D eigenvalue weighted by Gasteiger charge is 2.22. The van der Waals surface area contributed by atoms with Crippen molar-refractivity contribution in [3.05, 3.63) is 12.1 Å². The largest absolute Gasteiger partial charge is 0.490 e. The summed E-state index contributed by atoms with van der Waals surface area (Å²) in [5, 5.41) is 23.1. The van der Waals surface area contributed by atoms with Crippen LogP contribution in [-0.2, 0) is 10.0 Å². The first-order chi connectivity index (χ1) is 7.41.